The lowest BCUT2D eigenvalue weighted by Crippen LogP contribution is -2.27. The molecule has 0 saturated carbocycles. The molecule has 0 aliphatic carbocycles. The minimum atomic E-state index is -0.430. The largest absolute Gasteiger partial charge is 0.360 e. The Bertz CT molecular complexity index is 477. The van der Waals surface area contributed by atoms with Crippen LogP contribution in [0.1, 0.15) is 45.2 Å². The van der Waals surface area contributed by atoms with Gasteiger partial charge in [0.05, 0.1) is 6.10 Å². The average molecular weight is 240 g/mol. The quantitative estimate of drug-likeness (QED) is 0.733. The first kappa shape index (κ1) is 14.4. The number of ether oxygens (including phenoxy) is 1. The van der Waals surface area contributed by atoms with Crippen molar-refractivity contribution in [2.45, 2.75) is 45.8 Å². The summed E-state index contributed by atoms with van der Waals surface area (Å²) in [5, 5.41) is 0. The van der Waals surface area contributed by atoms with Gasteiger partial charge in [0, 0.05) is 11.1 Å². The van der Waals surface area contributed by atoms with E-state index < -0.39 is 5.60 Å². The van der Waals surface area contributed by atoms with Gasteiger partial charge < -0.3 is 4.74 Å². The minimum Gasteiger partial charge on any atom is -0.360 e. The Morgan fingerprint density at radius 3 is 2.28 bits per heavy atom. The van der Waals surface area contributed by atoms with Gasteiger partial charge in [-0.15, -0.1) is 6.42 Å². The van der Waals surface area contributed by atoms with Crippen LogP contribution in [-0.4, -0.2) is 11.7 Å². The van der Waals surface area contributed by atoms with E-state index >= 15 is 0 Å². The van der Waals surface area contributed by atoms with Crippen molar-refractivity contribution in [1.82, 2.24) is 0 Å². The summed E-state index contributed by atoms with van der Waals surface area (Å²) in [6.07, 6.45) is 6.52. The number of terminal acetylenes is 1. The Balaban J connectivity index is 2.77. The lowest BCUT2D eigenvalue weighted by Gasteiger charge is -2.23. The molecule has 0 aliphatic heterocycles. The van der Waals surface area contributed by atoms with Gasteiger partial charge >= 0.3 is 0 Å². The van der Waals surface area contributed by atoms with Crippen molar-refractivity contribution in [2.24, 2.45) is 0 Å². The van der Waals surface area contributed by atoms with Crippen molar-refractivity contribution < 1.29 is 4.74 Å². The van der Waals surface area contributed by atoms with Crippen LogP contribution in [0.5, 0.6) is 0 Å². The molecule has 1 nitrogen and oxygen atoms in total. The van der Waals surface area contributed by atoms with Crippen molar-refractivity contribution in [3.8, 4) is 24.2 Å². The monoisotopic (exact) mass is 240 g/mol. The Morgan fingerprint density at radius 1 is 1.22 bits per heavy atom. The van der Waals surface area contributed by atoms with Crippen LogP contribution in [0.25, 0.3) is 0 Å². The summed E-state index contributed by atoms with van der Waals surface area (Å²) in [5.41, 5.74) is 1.39. The third-order valence-corrected chi connectivity index (χ3v) is 2.63. The van der Waals surface area contributed by atoms with E-state index in [1.54, 1.807) is 0 Å². The van der Waals surface area contributed by atoms with E-state index in [9.17, 15) is 0 Å². The van der Waals surface area contributed by atoms with Gasteiger partial charge in [-0.3, -0.25) is 0 Å². The standard InChI is InChI=1S/C17H20O/c1-6-14(3)18-17(4,5)13-12-16-10-8-15(7-2)9-11-16/h2,8-11,14H,6H2,1,3-5H3. The van der Waals surface area contributed by atoms with Crippen LogP contribution in [0, 0.1) is 24.2 Å². The number of hydrogen-bond donors (Lipinski definition) is 0. The number of rotatable bonds is 3. The fourth-order valence-electron chi connectivity index (χ4n) is 1.49. The third kappa shape index (κ3) is 4.66. The molecule has 0 spiro atoms. The van der Waals surface area contributed by atoms with Crippen molar-refractivity contribution in [3.05, 3.63) is 35.4 Å². The molecule has 1 aromatic carbocycles. The Labute approximate surface area is 111 Å². The van der Waals surface area contributed by atoms with Crippen LogP contribution in [0.2, 0.25) is 0 Å². The van der Waals surface area contributed by atoms with Crippen LogP contribution >= 0.6 is 0 Å². The summed E-state index contributed by atoms with van der Waals surface area (Å²) >= 11 is 0. The topological polar surface area (TPSA) is 9.23 Å². The molecule has 1 heteroatoms. The molecule has 18 heavy (non-hydrogen) atoms. The first-order valence-corrected chi connectivity index (χ1v) is 6.24. The van der Waals surface area contributed by atoms with Crippen LogP contribution < -0.4 is 0 Å². The van der Waals surface area contributed by atoms with Gasteiger partial charge in [-0.25, -0.2) is 0 Å². The zero-order valence-corrected chi connectivity index (χ0v) is 11.6. The van der Waals surface area contributed by atoms with E-state index in [-0.39, 0.29) is 6.10 Å². The van der Waals surface area contributed by atoms with Gasteiger partial charge in [-0.1, -0.05) is 24.7 Å². The van der Waals surface area contributed by atoms with Gasteiger partial charge in [-0.2, -0.15) is 0 Å². The normalized spacial score (nSPS) is 12.2. The second kappa shape index (κ2) is 6.29. The first-order chi connectivity index (χ1) is 8.46. The molecule has 0 aliphatic rings. The van der Waals surface area contributed by atoms with Gasteiger partial charge in [0.15, 0.2) is 0 Å². The Kier molecular flexibility index (Phi) is 5.02. The highest BCUT2D eigenvalue weighted by Crippen LogP contribution is 2.13. The molecular weight excluding hydrogens is 220 g/mol. The predicted molar refractivity (Wildman–Crippen MR) is 76.2 cm³/mol. The van der Waals surface area contributed by atoms with Crippen molar-refractivity contribution in [3.63, 3.8) is 0 Å². The van der Waals surface area contributed by atoms with Crippen LogP contribution in [0.3, 0.4) is 0 Å². The molecule has 0 fully saturated rings. The van der Waals surface area contributed by atoms with E-state index in [0.717, 1.165) is 17.5 Å². The van der Waals surface area contributed by atoms with Crippen LogP contribution in [-0.2, 0) is 4.74 Å². The highest BCUT2D eigenvalue weighted by molar-refractivity contribution is 5.41. The summed E-state index contributed by atoms with van der Waals surface area (Å²) in [5.74, 6) is 8.86. The van der Waals surface area contributed by atoms with Gasteiger partial charge in [0.25, 0.3) is 0 Å². The summed E-state index contributed by atoms with van der Waals surface area (Å²) < 4.78 is 5.85. The third-order valence-electron chi connectivity index (χ3n) is 2.63. The molecular formula is C17H20O. The SMILES string of the molecule is C#Cc1ccc(C#CC(C)(C)OC(C)CC)cc1. The lowest BCUT2D eigenvalue weighted by molar-refractivity contribution is -0.0269. The van der Waals surface area contributed by atoms with Gasteiger partial charge in [0.1, 0.15) is 5.60 Å². The fourth-order valence-corrected chi connectivity index (χ4v) is 1.49. The van der Waals surface area contributed by atoms with Gasteiger partial charge in [0.2, 0.25) is 0 Å². The van der Waals surface area contributed by atoms with Crippen molar-refractivity contribution in [1.29, 1.82) is 0 Å². The molecule has 0 amide bonds. The molecule has 0 heterocycles. The van der Waals surface area contributed by atoms with Crippen LogP contribution in [0.4, 0.5) is 0 Å². The van der Waals surface area contributed by atoms with Crippen LogP contribution in [0.15, 0.2) is 24.3 Å². The summed E-state index contributed by atoms with van der Waals surface area (Å²) in [6, 6.07) is 7.65. The Morgan fingerprint density at radius 2 is 1.78 bits per heavy atom. The lowest BCUT2D eigenvalue weighted by atomic mass is 10.1. The summed E-state index contributed by atoms with van der Waals surface area (Å²) in [4.78, 5) is 0. The second-order valence-electron chi connectivity index (χ2n) is 4.82. The maximum absolute atomic E-state index is 5.85. The molecule has 0 aromatic heterocycles. The molecule has 1 rings (SSSR count). The molecule has 0 bridgehead atoms. The smallest absolute Gasteiger partial charge is 0.123 e. The highest BCUT2D eigenvalue weighted by atomic mass is 16.5. The van der Waals surface area contributed by atoms with Gasteiger partial charge in [-0.05, 0) is 51.5 Å². The zero-order valence-electron chi connectivity index (χ0n) is 11.6. The zero-order chi connectivity index (χ0) is 13.6. The molecule has 0 saturated heterocycles. The van der Waals surface area contributed by atoms with E-state index in [1.165, 1.54) is 0 Å². The molecule has 1 unspecified atom stereocenters. The maximum atomic E-state index is 5.85. The molecule has 1 atom stereocenters. The molecule has 94 valence electrons. The minimum absolute atomic E-state index is 0.220. The second-order valence-corrected chi connectivity index (χ2v) is 4.82. The number of benzene rings is 1. The summed E-state index contributed by atoms with van der Waals surface area (Å²) in [6.45, 7) is 8.14. The van der Waals surface area contributed by atoms with Crippen molar-refractivity contribution in [2.75, 3.05) is 0 Å². The van der Waals surface area contributed by atoms with E-state index in [4.69, 9.17) is 11.2 Å². The maximum Gasteiger partial charge on any atom is 0.123 e. The predicted octanol–water partition coefficient (Wildman–Crippen LogP) is 3.61. The molecule has 0 N–H and O–H groups in total. The van der Waals surface area contributed by atoms with E-state index in [2.05, 4.69) is 31.6 Å². The van der Waals surface area contributed by atoms with E-state index in [0.29, 0.717) is 0 Å². The summed E-state index contributed by atoms with van der Waals surface area (Å²) in [7, 11) is 0. The average Bonchev–Trinajstić information content (AvgIpc) is 2.36. The number of hydrogen-bond acceptors (Lipinski definition) is 1. The fraction of sp³-hybridized carbons (Fsp3) is 0.412. The van der Waals surface area contributed by atoms with E-state index in [1.807, 2.05) is 38.1 Å². The highest BCUT2D eigenvalue weighted by Gasteiger charge is 2.17. The first-order valence-electron chi connectivity index (χ1n) is 6.24. The molecule has 1 aromatic rings. The molecule has 0 radical (unpaired) electrons. The van der Waals surface area contributed by atoms with Crippen molar-refractivity contribution >= 4 is 0 Å². The Hall–Kier alpha value is -1.70.